The number of alkyl halides is 2. The number of imidazole rings is 2. The van der Waals surface area contributed by atoms with Gasteiger partial charge in [-0.3, -0.25) is 4.57 Å². The second-order valence-corrected chi connectivity index (χ2v) is 7.19. The minimum absolute atomic E-state index is 0.316. The molecule has 0 bridgehead atoms. The average molecular weight is 384 g/mol. The van der Waals surface area contributed by atoms with Crippen molar-refractivity contribution in [2.24, 2.45) is 0 Å². The Labute approximate surface area is 159 Å². The molecule has 1 N–H and O–H groups in total. The minimum atomic E-state index is -2.63. The molecule has 2 heterocycles. The van der Waals surface area contributed by atoms with Gasteiger partial charge in [-0.15, -0.1) is 0 Å². The van der Waals surface area contributed by atoms with Gasteiger partial charge in [0.15, 0.2) is 5.16 Å². The topological polar surface area (TPSA) is 46.5 Å². The lowest BCUT2D eigenvalue weighted by molar-refractivity contribution is 0.0722. The summed E-state index contributed by atoms with van der Waals surface area (Å²) in [5.74, 6) is 0.659. The van der Waals surface area contributed by atoms with Crippen LogP contribution in [-0.2, 0) is 12.2 Å². The van der Waals surface area contributed by atoms with Crippen LogP contribution in [-0.4, -0.2) is 19.5 Å². The number of aromatic amines is 1. The van der Waals surface area contributed by atoms with Crippen LogP contribution in [0.25, 0.3) is 11.0 Å². The van der Waals surface area contributed by atoms with Crippen molar-refractivity contribution >= 4 is 22.8 Å². The molecule has 0 saturated carbocycles. The molecule has 0 atom stereocenters. The Morgan fingerprint density at radius 3 is 2.56 bits per heavy atom. The lowest BCUT2D eigenvalue weighted by Gasteiger charge is -2.06. The summed E-state index contributed by atoms with van der Waals surface area (Å²) in [6.45, 7) is -0.649. The Morgan fingerprint density at radius 2 is 1.78 bits per heavy atom. The summed E-state index contributed by atoms with van der Waals surface area (Å²) in [5, 5.41) is 0.714. The number of rotatable bonds is 6. The summed E-state index contributed by atoms with van der Waals surface area (Å²) in [6.07, 6.45) is 0.735. The van der Waals surface area contributed by atoms with Crippen molar-refractivity contribution < 1.29 is 8.78 Å². The van der Waals surface area contributed by atoms with Gasteiger partial charge >= 0.3 is 6.55 Å². The quantitative estimate of drug-likeness (QED) is 0.456. The van der Waals surface area contributed by atoms with Crippen LogP contribution in [0.2, 0.25) is 0 Å². The Bertz CT molecular complexity index is 1060. The molecular weight excluding hydrogens is 366 g/mol. The Kier molecular flexibility index (Phi) is 4.94. The van der Waals surface area contributed by atoms with E-state index in [4.69, 9.17) is 0 Å². The Morgan fingerprint density at radius 1 is 1.04 bits per heavy atom. The normalized spacial score (nSPS) is 11.6. The molecular formula is C20H18F2N4S. The maximum Gasteiger partial charge on any atom is 0.320 e. The van der Waals surface area contributed by atoms with Crippen molar-refractivity contribution in [1.29, 1.82) is 0 Å². The highest BCUT2D eigenvalue weighted by atomic mass is 32.2. The number of hydrogen-bond acceptors (Lipinski definition) is 3. The van der Waals surface area contributed by atoms with Crippen molar-refractivity contribution in [3.63, 3.8) is 0 Å². The van der Waals surface area contributed by atoms with E-state index in [1.165, 1.54) is 17.3 Å². The smallest absolute Gasteiger partial charge is 0.320 e. The summed E-state index contributed by atoms with van der Waals surface area (Å²) < 4.78 is 28.0. The van der Waals surface area contributed by atoms with Crippen molar-refractivity contribution in [3.8, 4) is 0 Å². The zero-order chi connectivity index (χ0) is 18.8. The fraction of sp³-hybridized carbons (Fsp3) is 0.200. The van der Waals surface area contributed by atoms with E-state index in [-0.39, 0.29) is 0 Å². The van der Waals surface area contributed by atoms with E-state index in [9.17, 15) is 8.78 Å². The molecule has 0 aliphatic rings. The Hall–Kier alpha value is -2.67. The van der Waals surface area contributed by atoms with Gasteiger partial charge in [0.1, 0.15) is 5.82 Å². The first kappa shape index (κ1) is 17.7. The highest BCUT2D eigenvalue weighted by Gasteiger charge is 2.18. The highest BCUT2D eigenvalue weighted by molar-refractivity contribution is 7.98. The van der Waals surface area contributed by atoms with Crippen LogP contribution in [0.5, 0.6) is 0 Å². The number of nitrogens with one attached hydrogen (secondary N) is 1. The number of halogens is 2. The molecule has 4 nitrogen and oxygen atoms in total. The number of aryl methyl sites for hydroxylation is 1. The van der Waals surface area contributed by atoms with Gasteiger partial charge in [-0.2, -0.15) is 8.78 Å². The van der Waals surface area contributed by atoms with Gasteiger partial charge in [-0.05, 0) is 24.6 Å². The standard InChI is InChI=1S/C20H18F2N4S/c1-13-16(11-14-7-3-2-4-8-14)25-20(23-13)27-12-18-24-15-9-5-6-10-17(15)26(18)19(21)22/h2-10,19H,11-12H2,1H3,(H,23,25). The molecule has 2 aromatic heterocycles. The second kappa shape index (κ2) is 7.52. The van der Waals surface area contributed by atoms with E-state index in [0.29, 0.717) is 27.8 Å². The first-order valence-corrected chi connectivity index (χ1v) is 9.56. The van der Waals surface area contributed by atoms with Gasteiger partial charge in [0.2, 0.25) is 0 Å². The van der Waals surface area contributed by atoms with E-state index in [1.807, 2.05) is 25.1 Å². The van der Waals surface area contributed by atoms with E-state index in [2.05, 4.69) is 27.1 Å². The summed E-state index contributed by atoms with van der Waals surface area (Å²) in [7, 11) is 0. The zero-order valence-electron chi connectivity index (χ0n) is 14.7. The average Bonchev–Trinajstić information content (AvgIpc) is 3.21. The van der Waals surface area contributed by atoms with E-state index >= 15 is 0 Å². The molecule has 4 rings (SSSR count). The third-order valence-electron chi connectivity index (χ3n) is 4.38. The maximum absolute atomic E-state index is 13.5. The maximum atomic E-state index is 13.5. The van der Waals surface area contributed by atoms with Crippen molar-refractivity contribution in [2.75, 3.05) is 0 Å². The van der Waals surface area contributed by atoms with E-state index in [0.717, 1.165) is 22.4 Å². The fourth-order valence-electron chi connectivity index (χ4n) is 3.04. The lowest BCUT2D eigenvalue weighted by Crippen LogP contribution is -2.03. The number of para-hydroxylation sites is 2. The van der Waals surface area contributed by atoms with E-state index in [1.54, 1.807) is 24.3 Å². The summed E-state index contributed by atoms with van der Waals surface area (Å²) in [6, 6.07) is 17.1. The van der Waals surface area contributed by atoms with Gasteiger partial charge in [0.25, 0.3) is 0 Å². The molecule has 0 unspecified atom stereocenters. The summed E-state index contributed by atoms with van der Waals surface area (Å²) >= 11 is 1.38. The number of fused-ring (bicyclic) bond motifs is 1. The van der Waals surface area contributed by atoms with Crippen LogP contribution >= 0.6 is 11.8 Å². The monoisotopic (exact) mass is 384 g/mol. The molecule has 0 spiro atoms. The third kappa shape index (κ3) is 3.73. The predicted octanol–water partition coefficient (Wildman–Crippen LogP) is 5.35. The molecule has 0 saturated heterocycles. The number of nitrogens with zero attached hydrogens (tertiary/aromatic N) is 3. The van der Waals surface area contributed by atoms with Crippen molar-refractivity contribution in [2.45, 2.75) is 30.8 Å². The first-order chi connectivity index (χ1) is 13.1. The fourth-order valence-corrected chi connectivity index (χ4v) is 3.91. The Balaban J connectivity index is 1.53. The molecule has 4 aromatic rings. The van der Waals surface area contributed by atoms with E-state index < -0.39 is 6.55 Å². The van der Waals surface area contributed by atoms with Gasteiger partial charge in [-0.25, -0.2) is 9.97 Å². The molecule has 2 aromatic carbocycles. The predicted molar refractivity (Wildman–Crippen MR) is 103 cm³/mol. The number of thioether (sulfide) groups is 1. The molecule has 27 heavy (non-hydrogen) atoms. The highest BCUT2D eigenvalue weighted by Crippen LogP contribution is 2.28. The van der Waals surface area contributed by atoms with Gasteiger partial charge in [0, 0.05) is 12.1 Å². The van der Waals surface area contributed by atoms with Crippen LogP contribution < -0.4 is 0 Å². The van der Waals surface area contributed by atoms with Crippen LogP contribution in [0.4, 0.5) is 8.78 Å². The van der Waals surface area contributed by atoms with Crippen molar-refractivity contribution in [3.05, 3.63) is 77.4 Å². The second-order valence-electron chi connectivity index (χ2n) is 6.23. The van der Waals surface area contributed by atoms with Gasteiger partial charge in [-0.1, -0.05) is 54.2 Å². The van der Waals surface area contributed by atoms with Crippen LogP contribution in [0.1, 0.15) is 29.3 Å². The SMILES string of the molecule is Cc1[nH]c(SCc2nc3ccccc3n2C(F)F)nc1Cc1ccccc1. The number of hydrogen-bond donors (Lipinski definition) is 1. The number of H-pyrrole nitrogens is 1. The third-order valence-corrected chi connectivity index (χ3v) is 5.25. The molecule has 0 amide bonds. The molecule has 0 aliphatic heterocycles. The molecule has 7 heteroatoms. The summed E-state index contributed by atoms with van der Waals surface area (Å²) in [5.41, 5.74) is 4.16. The molecule has 138 valence electrons. The number of benzene rings is 2. The van der Waals surface area contributed by atoms with Crippen molar-refractivity contribution in [1.82, 2.24) is 19.5 Å². The van der Waals surface area contributed by atoms with Crippen LogP contribution in [0.3, 0.4) is 0 Å². The largest absolute Gasteiger partial charge is 0.337 e. The lowest BCUT2D eigenvalue weighted by atomic mass is 10.1. The molecule has 0 aliphatic carbocycles. The van der Waals surface area contributed by atoms with Crippen LogP contribution in [0, 0.1) is 6.92 Å². The molecule has 0 radical (unpaired) electrons. The zero-order valence-corrected chi connectivity index (χ0v) is 15.5. The minimum Gasteiger partial charge on any atom is -0.337 e. The summed E-state index contributed by atoms with van der Waals surface area (Å²) in [4.78, 5) is 12.2. The van der Waals surface area contributed by atoms with Gasteiger partial charge in [0.05, 0.1) is 22.5 Å². The molecule has 0 fully saturated rings. The van der Waals surface area contributed by atoms with Gasteiger partial charge < -0.3 is 4.98 Å². The van der Waals surface area contributed by atoms with Crippen LogP contribution in [0.15, 0.2) is 59.8 Å². The first-order valence-electron chi connectivity index (χ1n) is 8.58. The number of aromatic nitrogens is 4.